The van der Waals surface area contributed by atoms with E-state index in [1.165, 1.54) is 22.6 Å². The second-order valence-corrected chi connectivity index (χ2v) is 5.45. The average Bonchev–Trinajstić information content (AvgIpc) is 2.17. The van der Waals surface area contributed by atoms with E-state index in [1.807, 2.05) is 17.8 Å². The van der Waals surface area contributed by atoms with Gasteiger partial charge in [0, 0.05) is 4.90 Å². The molecule has 0 aliphatic carbocycles. The maximum Gasteiger partial charge on any atom is 0.0684 e. The van der Waals surface area contributed by atoms with Gasteiger partial charge in [0.05, 0.1) is 6.61 Å². The number of aliphatic hydroxyl groups is 1. The molecule has 0 saturated heterocycles. The maximum atomic E-state index is 9.05. The molecule has 0 amide bonds. The Kier molecular flexibility index (Phi) is 5.20. The minimum absolute atomic E-state index is 0.142. The summed E-state index contributed by atoms with van der Waals surface area (Å²) < 4.78 is 0. The molecule has 15 heavy (non-hydrogen) atoms. The van der Waals surface area contributed by atoms with Crippen LogP contribution in [0.5, 0.6) is 0 Å². The number of rotatable bonds is 5. The fourth-order valence-corrected chi connectivity index (χ4v) is 2.60. The van der Waals surface area contributed by atoms with Crippen LogP contribution in [0, 0.1) is 12.8 Å². The van der Waals surface area contributed by atoms with Crippen molar-refractivity contribution in [3.8, 4) is 0 Å². The predicted octanol–water partition coefficient (Wildman–Crippen LogP) is 3.63. The van der Waals surface area contributed by atoms with Gasteiger partial charge in [-0.2, -0.15) is 0 Å². The third-order valence-electron chi connectivity index (χ3n) is 2.45. The van der Waals surface area contributed by atoms with Gasteiger partial charge in [-0.3, -0.25) is 0 Å². The molecule has 1 nitrogen and oxygen atoms in total. The first kappa shape index (κ1) is 12.6. The van der Waals surface area contributed by atoms with Crippen molar-refractivity contribution in [3.63, 3.8) is 0 Å². The molecule has 1 aromatic carbocycles. The molecule has 2 heteroatoms. The largest absolute Gasteiger partial charge is 0.392 e. The van der Waals surface area contributed by atoms with Crippen molar-refractivity contribution in [3.05, 3.63) is 29.3 Å². The predicted molar refractivity (Wildman–Crippen MR) is 67.3 cm³/mol. The molecule has 0 atom stereocenters. The molecule has 0 saturated carbocycles. The molecule has 1 rings (SSSR count). The lowest BCUT2D eigenvalue weighted by atomic mass is 10.1. The molecular formula is C13H20OS. The van der Waals surface area contributed by atoms with Crippen LogP contribution in [0.4, 0.5) is 0 Å². The Morgan fingerprint density at radius 1 is 1.33 bits per heavy atom. The van der Waals surface area contributed by atoms with E-state index < -0.39 is 0 Å². The number of benzene rings is 1. The van der Waals surface area contributed by atoms with Gasteiger partial charge < -0.3 is 5.11 Å². The van der Waals surface area contributed by atoms with E-state index in [0.717, 1.165) is 11.5 Å². The number of aryl methyl sites for hydroxylation is 1. The van der Waals surface area contributed by atoms with Crippen LogP contribution in [0.25, 0.3) is 0 Å². The Labute approximate surface area is 96.9 Å². The zero-order chi connectivity index (χ0) is 11.3. The molecule has 0 aromatic heterocycles. The van der Waals surface area contributed by atoms with Gasteiger partial charge in [-0.1, -0.05) is 19.9 Å². The van der Waals surface area contributed by atoms with E-state index in [1.54, 1.807) is 0 Å². The highest BCUT2D eigenvalue weighted by Gasteiger charge is 2.00. The number of thioether (sulfide) groups is 1. The Balaban J connectivity index is 2.52. The molecule has 0 radical (unpaired) electrons. The lowest BCUT2D eigenvalue weighted by Gasteiger charge is -2.07. The second-order valence-electron chi connectivity index (χ2n) is 4.28. The number of aliphatic hydroxyl groups excluding tert-OH is 1. The van der Waals surface area contributed by atoms with Gasteiger partial charge in [0.1, 0.15) is 0 Å². The Hall–Kier alpha value is -0.470. The van der Waals surface area contributed by atoms with Gasteiger partial charge >= 0.3 is 0 Å². The van der Waals surface area contributed by atoms with Crippen LogP contribution in [0.3, 0.4) is 0 Å². The fraction of sp³-hybridized carbons (Fsp3) is 0.538. The van der Waals surface area contributed by atoms with E-state index in [-0.39, 0.29) is 6.61 Å². The van der Waals surface area contributed by atoms with Crippen LogP contribution in [0.1, 0.15) is 31.4 Å². The summed E-state index contributed by atoms with van der Waals surface area (Å²) >= 11 is 1.90. The molecule has 0 aliphatic heterocycles. The highest BCUT2D eigenvalue weighted by molar-refractivity contribution is 7.99. The van der Waals surface area contributed by atoms with Crippen LogP contribution in [-0.4, -0.2) is 10.9 Å². The van der Waals surface area contributed by atoms with Gasteiger partial charge in [0.25, 0.3) is 0 Å². The first-order valence-corrected chi connectivity index (χ1v) is 6.45. The molecule has 0 heterocycles. The zero-order valence-corrected chi connectivity index (χ0v) is 10.6. The van der Waals surface area contributed by atoms with E-state index in [4.69, 9.17) is 5.11 Å². The highest BCUT2D eigenvalue weighted by atomic mass is 32.2. The Morgan fingerprint density at radius 3 is 2.60 bits per heavy atom. The summed E-state index contributed by atoms with van der Waals surface area (Å²) in [6, 6.07) is 6.28. The SMILES string of the molecule is Cc1cc(SCCC(C)C)ccc1CO. The van der Waals surface area contributed by atoms with E-state index in [0.29, 0.717) is 0 Å². The fourth-order valence-electron chi connectivity index (χ4n) is 1.35. The summed E-state index contributed by atoms with van der Waals surface area (Å²) in [6.45, 7) is 6.70. The van der Waals surface area contributed by atoms with Crippen LogP contribution in [0.2, 0.25) is 0 Å². The van der Waals surface area contributed by atoms with Crippen molar-refractivity contribution >= 4 is 11.8 Å². The molecule has 84 valence electrons. The summed E-state index contributed by atoms with van der Waals surface area (Å²) in [6.07, 6.45) is 1.26. The molecule has 0 aliphatic rings. The maximum absolute atomic E-state index is 9.05. The van der Waals surface area contributed by atoms with Crippen LogP contribution in [0.15, 0.2) is 23.1 Å². The average molecular weight is 224 g/mol. The summed E-state index contributed by atoms with van der Waals surface area (Å²) in [5, 5.41) is 9.05. The van der Waals surface area contributed by atoms with E-state index in [2.05, 4.69) is 32.9 Å². The normalized spacial score (nSPS) is 11.0. The van der Waals surface area contributed by atoms with Crippen molar-refractivity contribution in [2.24, 2.45) is 5.92 Å². The third kappa shape index (κ3) is 4.27. The van der Waals surface area contributed by atoms with Gasteiger partial charge in [-0.05, 0) is 48.3 Å². The van der Waals surface area contributed by atoms with Gasteiger partial charge in [-0.15, -0.1) is 11.8 Å². The smallest absolute Gasteiger partial charge is 0.0684 e. The van der Waals surface area contributed by atoms with E-state index >= 15 is 0 Å². The molecule has 1 aromatic rings. The standard InChI is InChI=1S/C13H20OS/c1-10(2)6-7-15-13-5-4-12(9-14)11(3)8-13/h4-5,8,10,14H,6-7,9H2,1-3H3. The molecule has 0 fully saturated rings. The summed E-state index contributed by atoms with van der Waals surface area (Å²) in [5.41, 5.74) is 2.22. The Bertz CT molecular complexity index is 307. The van der Waals surface area contributed by atoms with Crippen LogP contribution >= 0.6 is 11.8 Å². The zero-order valence-electron chi connectivity index (χ0n) is 9.79. The Morgan fingerprint density at radius 2 is 2.07 bits per heavy atom. The lowest BCUT2D eigenvalue weighted by Crippen LogP contribution is -1.91. The highest BCUT2D eigenvalue weighted by Crippen LogP contribution is 2.23. The van der Waals surface area contributed by atoms with Gasteiger partial charge in [-0.25, -0.2) is 0 Å². The van der Waals surface area contributed by atoms with Crippen LogP contribution < -0.4 is 0 Å². The third-order valence-corrected chi connectivity index (χ3v) is 3.48. The molecule has 1 N–H and O–H groups in total. The van der Waals surface area contributed by atoms with Gasteiger partial charge in [0.15, 0.2) is 0 Å². The molecule has 0 unspecified atom stereocenters. The topological polar surface area (TPSA) is 20.2 Å². The molecule has 0 bridgehead atoms. The van der Waals surface area contributed by atoms with Gasteiger partial charge in [0.2, 0.25) is 0 Å². The molecular weight excluding hydrogens is 204 g/mol. The first-order chi connectivity index (χ1) is 7.13. The monoisotopic (exact) mass is 224 g/mol. The van der Waals surface area contributed by atoms with Crippen molar-refractivity contribution < 1.29 is 5.11 Å². The van der Waals surface area contributed by atoms with Crippen LogP contribution in [-0.2, 0) is 6.61 Å². The number of hydrogen-bond donors (Lipinski definition) is 1. The second kappa shape index (κ2) is 6.19. The first-order valence-electron chi connectivity index (χ1n) is 5.46. The van der Waals surface area contributed by atoms with Crippen molar-refractivity contribution in [1.29, 1.82) is 0 Å². The van der Waals surface area contributed by atoms with Crippen molar-refractivity contribution in [2.45, 2.75) is 38.7 Å². The summed E-state index contributed by atoms with van der Waals surface area (Å²) in [7, 11) is 0. The summed E-state index contributed by atoms with van der Waals surface area (Å²) in [5.74, 6) is 1.95. The summed E-state index contributed by atoms with van der Waals surface area (Å²) in [4.78, 5) is 1.31. The molecule has 0 spiro atoms. The van der Waals surface area contributed by atoms with E-state index in [9.17, 15) is 0 Å². The van der Waals surface area contributed by atoms with Crippen molar-refractivity contribution in [2.75, 3.05) is 5.75 Å². The quantitative estimate of drug-likeness (QED) is 0.771. The lowest BCUT2D eigenvalue weighted by molar-refractivity contribution is 0.281. The van der Waals surface area contributed by atoms with Crippen molar-refractivity contribution in [1.82, 2.24) is 0 Å². The minimum Gasteiger partial charge on any atom is -0.392 e. The number of hydrogen-bond acceptors (Lipinski definition) is 2. The minimum atomic E-state index is 0.142.